The molecule has 0 aliphatic heterocycles. The van der Waals surface area contributed by atoms with Crippen LogP contribution in [0.2, 0.25) is 0 Å². The number of rotatable bonds is 7. The maximum atomic E-state index is 12.9. The molecule has 0 aliphatic carbocycles. The van der Waals surface area contributed by atoms with Crippen LogP contribution in [0.15, 0.2) is 84.4 Å². The van der Waals surface area contributed by atoms with E-state index < -0.39 is 12.5 Å². The monoisotopic (exact) mass is 491 g/mol. The summed E-state index contributed by atoms with van der Waals surface area (Å²) in [5, 5.41) is 5.98. The minimum absolute atomic E-state index is 0.0256. The number of alkyl halides is 2. The van der Waals surface area contributed by atoms with E-state index in [1.807, 2.05) is 54.0 Å². The number of anilines is 1. The van der Waals surface area contributed by atoms with Crippen molar-refractivity contribution in [3.05, 3.63) is 89.9 Å². The van der Waals surface area contributed by atoms with Crippen LogP contribution in [-0.4, -0.2) is 29.2 Å². The number of ether oxygens (including phenoxy) is 2. The molecule has 0 spiro atoms. The second-order valence-corrected chi connectivity index (χ2v) is 8.50. The van der Waals surface area contributed by atoms with E-state index in [1.54, 1.807) is 23.0 Å². The van der Waals surface area contributed by atoms with Gasteiger partial charge in [-0.25, -0.2) is 4.98 Å². The molecule has 0 fully saturated rings. The van der Waals surface area contributed by atoms with E-state index in [2.05, 4.69) is 16.1 Å². The Labute approximate surface area is 203 Å². The summed E-state index contributed by atoms with van der Waals surface area (Å²) >= 11 is 1.67. The van der Waals surface area contributed by atoms with Gasteiger partial charge in [0, 0.05) is 27.7 Å². The highest BCUT2D eigenvalue weighted by atomic mass is 32.1. The number of nitrogens with zero attached hydrogens (tertiary/aromatic N) is 2. The van der Waals surface area contributed by atoms with Crippen molar-refractivity contribution >= 4 is 33.3 Å². The summed E-state index contributed by atoms with van der Waals surface area (Å²) in [6.45, 7) is -2.93. The summed E-state index contributed by atoms with van der Waals surface area (Å²) in [5.41, 5.74) is 2.64. The molecule has 0 bridgehead atoms. The maximum absolute atomic E-state index is 12.9. The van der Waals surface area contributed by atoms with Crippen molar-refractivity contribution < 1.29 is 23.0 Å². The molecule has 35 heavy (non-hydrogen) atoms. The van der Waals surface area contributed by atoms with E-state index in [1.165, 1.54) is 29.0 Å². The summed E-state index contributed by atoms with van der Waals surface area (Å²) in [6, 6.07) is 21.0. The Bertz CT molecular complexity index is 1480. The van der Waals surface area contributed by atoms with Crippen molar-refractivity contribution in [2.24, 2.45) is 0 Å². The first-order valence-corrected chi connectivity index (χ1v) is 11.5. The quantitative estimate of drug-likeness (QED) is 0.278. The molecule has 9 heteroatoms. The van der Waals surface area contributed by atoms with E-state index in [0.29, 0.717) is 17.4 Å². The molecule has 0 saturated heterocycles. The van der Waals surface area contributed by atoms with Crippen molar-refractivity contribution in [3.8, 4) is 28.4 Å². The second kappa shape index (κ2) is 9.55. The lowest BCUT2D eigenvalue weighted by Crippen LogP contribution is -2.15. The molecule has 5 rings (SSSR count). The third kappa shape index (κ3) is 4.85. The van der Waals surface area contributed by atoms with Crippen LogP contribution < -0.4 is 14.8 Å². The fourth-order valence-corrected chi connectivity index (χ4v) is 4.41. The van der Waals surface area contributed by atoms with Gasteiger partial charge in [0.1, 0.15) is 11.5 Å². The van der Waals surface area contributed by atoms with Gasteiger partial charge in [-0.3, -0.25) is 14.7 Å². The number of carbonyl (C=O) groups excluding carboxylic acids is 1. The molecule has 0 atom stereocenters. The van der Waals surface area contributed by atoms with E-state index in [-0.39, 0.29) is 11.3 Å². The van der Waals surface area contributed by atoms with Crippen molar-refractivity contribution in [2.45, 2.75) is 6.61 Å². The average molecular weight is 492 g/mol. The number of fused-ring (bicyclic) bond motifs is 1. The molecule has 0 saturated carbocycles. The summed E-state index contributed by atoms with van der Waals surface area (Å²) in [6.07, 6.45) is 1.85. The van der Waals surface area contributed by atoms with Crippen molar-refractivity contribution in [1.29, 1.82) is 0 Å². The highest BCUT2D eigenvalue weighted by molar-refractivity contribution is 7.17. The Balaban J connectivity index is 1.49. The van der Waals surface area contributed by atoms with E-state index >= 15 is 0 Å². The lowest BCUT2D eigenvalue weighted by Gasteiger charge is -2.10. The minimum Gasteiger partial charge on any atom is -0.497 e. The van der Waals surface area contributed by atoms with Gasteiger partial charge in [0.2, 0.25) is 5.95 Å². The molecule has 176 valence electrons. The van der Waals surface area contributed by atoms with Crippen LogP contribution in [0.3, 0.4) is 0 Å². The average Bonchev–Trinajstić information content (AvgIpc) is 3.51. The predicted octanol–water partition coefficient (Wildman–Crippen LogP) is 6.62. The number of amides is 1. The van der Waals surface area contributed by atoms with Crippen LogP contribution in [0.25, 0.3) is 27.0 Å². The zero-order valence-electron chi connectivity index (χ0n) is 18.4. The Kier molecular flexibility index (Phi) is 6.15. The molecule has 1 amide bonds. The molecule has 0 radical (unpaired) electrons. The smallest absolute Gasteiger partial charge is 0.387 e. The Morgan fingerprint density at radius 1 is 1.00 bits per heavy atom. The van der Waals surface area contributed by atoms with E-state index in [4.69, 9.17) is 9.72 Å². The molecule has 2 aromatic heterocycles. The number of carbonyl (C=O) groups is 1. The second-order valence-electron chi connectivity index (χ2n) is 7.55. The van der Waals surface area contributed by atoms with Crippen LogP contribution in [-0.2, 0) is 0 Å². The first kappa shape index (κ1) is 22.5. The Hall–Kier alpha value is -4.24. The van der Waals surface area contributed by atoms with E-state index in [9.17, 15) is 13.6 Å². The lowest BCUT2D eigenvalue weighted by atomic mass is 10.1. The molecular weight excluding hydrogens is 472 g/mol. The fraction of sp³-hybridized carbons (Fsp3) is 0.0769. The number of methoxy groups -OCH3 is 1. The Morgan fingerprint density at radius 2 is 1.74 bits per heavy atom. The van der Waals surface area contributed by atoms with Crippen LogP contribution in [0.4, 0.5) is 14.7 Å². The van der Waals surface area contributed by atoms with Crippen LogP contribution in [0.5, 0.6) is 11.5 Å². The summed E-state index contributed by atoms with van der Waals surface area (Å²) in [7, 11) is 1.59. The number of nitrogens with one attached hydrogen (secondary N) is 1. The SMILES string of the molecule is COc1ccc(-n2cc(-c3ccc4sccc4c3)nc2NC(=O)c2ccc(OC(F)F)cc2)cc1. The molecule has 1 N–H and O–H groups in total. The molecule has 0 unspecified atom stereocenters. The van der Waals surface area contributed by atoms with Crippen LogP contribution in [0.1, 0.15) is 10.4 Å². The number of hydrogen-bond acceptors (Lipinski definition) is 5. The van der Waals surface area contributed by atoms with Gasteiger partial charge in [-0.2, -0.15) is 8.78 Å². The molecule has 2 heterocycles. The third-order valence-corrected chi connectivity index (χ3v) is 6.27. The zero-order chi connectivity index (χ0) is 24.4. The number of thiophene rings is 1. The highest BCUT2D eigenvalue weighted by Crippen LogP contribution is 2.30. The summed E-state index contributed by atoms with van der Waals surface area (Å²) in [5.74, 6) is 0.554. The standard InChI is InChI=1S/C26H19F2N3O3S/c1-33-20-9-5-19(6-10-20)31-15-22(17-4-11-23-18(14-17)12-13-35-23)29-26(31)30-24(32)16-2-7-21(8-3-16)34-25(27)28/h2-15,25H,1H3,(H,29,30,32). The Morgan fingerprint density at radius 3 is 2.46 bits per heavy atom. The van der Waals surface area contributed by atoms with Gasteiger partial charge >= 0.3 is 6.61 Å². The van der Waals surface area contributed by atoms with Crippen LogP contribution >= 0.6 is 11.3 Å². The first-order chi connectivity index (χ1) is 17.0. The summed E-state index contributed by atoms with van der Waals surface area (Å²) < 4.78 is 37.4. The van der Waals surface area contributed by atoms with Crippen molar-refractivity contribution in [1.82, 2.24) is 9.55 Å². The van der Waals surface area contributed by atoms with Gasteiger partial charge in [-0.15, -0.1) is 11.3 Å². The minimum atomic E-state index is -2.93. The number of halogens is 2. The van der Waals surface area contributed by atoms with Crippen LogP contribution in [0, 0.1) is 0 Å². The third-order valence-electron chi connectivity index (χ3n) is 5.37. The summed E-state index contributed by atoms with van der Waals surface area (Å²) in [4.78, 5) is 17.6. The molecule has 0 aliphatic rings. The van der Waals surface area contributed by atoms with E-state index in [0.717, 1.165) is 16.6 Å². The topological polar surface area (TPSA) is 65.4 Å². The predicted molar refractivity (Wildman–Crippen MR) is 132 cm³/mol. The van der Waals surface area contributed by atoms with Crippen molar-refractivity contribution in [2.75, 3.05) is 12.4 Å². The van der Waals surface area contributed by atoms with Gasteiger partial charge in [0.15, 0.2) is 0 Å². The van der Waals surface area contributed by atoms with Gasteiger partial charge in [0.25, 0.3) is 5.91 Å². The van der Waals surface area contributed by atoms with Gasteiger partial charge in [0.05, 0.1) is 12.8 Å². The number of aromatic nitrogens is 2. The first-order valence-electron chi connectivity index (χ1n) is 10.6. The fourth-order valence-electron chi connectivity index (χ4n) is 3.63. The van der Waals surface area contributed by atoms with Gasteiger partial charge in [-0.1, -0.05) is 6.07 Å². The van der Waals surface area contributed by atoms with Gasteiger partial charge in [-0.05, 0) is 77.5 Å². The largest absolute Gasteiger partial charge is 0.497 e. The van der Waals surface area contributed by atoms with Gasteiger partial charge < -0.3 is 9.47 Å². The maximum Gasteiger partial charge on any atom is 0.387 e. The molecule has 5 aromatic rings. The van der Waals surface area contributed by atoms with Crippen molar-refractivity contribution in [3.63, 3.8) is 0 Å². The zero-order valence-corrected chi connectivity index (χ0v) is 19.3. The normalized spacial score (nSPS) is 11.1. The molecular formula is C26H19F2N3O3S. The highest BCUT2D eigenvalue weighted by Gasteiger charge is 2.16. The number of benzene rings is 3. The molecule has 6 nitrogen and oxygen atoms in total. The molecule has 3 aromatic carbocycles. The lowest BCUT2D eigenvalue weighted by molar-refractivity contribution is -0.0498. The number of imidazole rings is 1. The number of hydrogen-bond donors (Lipinski definition) is 1.